The number of morpholine rings is 1. The highest BCUT2D eigenvalue weighted by molar-refractivity contribution is 6.30. The van der Waals surface area contributed by atoms with Gasteiger partial charge in [0, 0.05) is 49.5 Å². The van der Waals surface area contributed by atoms with E-state index in [1.54, 1.807) is 0 Å². The van der Waals surface area contributed by atoms with Crippen molar-refractivity contribution in [2.75, 3.05) is 51.3 Å². The van der Waals surface area contributed by atoms with Gasteiger partial charge in [-0.15, -0.1) is 0 Å². The molecule has 116 valence electrons. The van der Waals surface area contributed by atoms with Crippen molar-refractivity contribution in [3.63, 3.8) is 0 Å². The van der Waals surface area contributed by atoms with Crippen molar-refractivity contribution in [1.82, 2.24) is 10.2 Å². The monoisotopic (exact) mass is 309 g/mol. The molecule has 0 aromatic heterocycles. The summed E-state index contributed by atoms with van der Waals surface area (Å²) in [6.45, 7) is 6.99. The number of halogens is 1. The Kier molecular flexibility index (Phi) is 5.01. The van der Waals surface area contributed by atoms with Gasteiger partial charge < -0.3 is 15.0 Å². The van der Waals surface area contributed by atoms with Crippen LogP contribution in [0.2, 0.25) is 5.02 Å². The van der Waals surface area contributed by atoms with E-state index in [-0.39, 0.29) is 0 Å². The van der Waals surface area contributed by atoms with Crippen molar-refractivity contribution in [2.24, 2.45) is 0 Å². The van der Waals surface area contributed by atoms with Gasteiger partial charge in [0.15, 0.2) is 0 Å². The molecule has 2 fully saturated rings. The molecule has 0 bridgehead atoms. The smallest absolute Gasteiger partial charge is 0.0594 e. The van der Waals surface area contributed by atoms with Crippen LogP contribution in [0.15, 0.2) is 18.2 Å². The van der Waals surface area contributed by atoms with E-state index in [9.17, 15) is 0 Å². The first-order chi connectivity index (χ1) is 10.3. The fourth-order valence-corrected chi connectivity index (χ4v) is 3.59. The van der Waals surface area contributed by atoms with E-state index >= 15 is 0 Å². The highest BCUT2D eigenvalue weighted by atomic mass is 35.5. The van der Waals surface area contributed by atoms with Crippen LogP contribution < -0.4 is 10.2 Å². The molecule has 2 aliphatic heterocycles. The van der Waals surface area contributed by atoms with E-state index in [0.29, 0.717) is 6.04 Å². The lowest BCUT2D eigenvalue weighted by Crippen LogP contribution is -2.44. The van der Waals surface area contributed by atoms with Crippen LogP contribution in [-0.4, -0.2) is 57.4 Å². The molecule has 1 aromatic carbocycles. The third-order valence-electron chi connectivity index (χ3n) is 4.47. The lowest BCUT2D eigenvalue weighted by Gasteiger charge is -2.32. The molecule has 5 heteroatoms. The van der Waals surface area contributed by atoms with Gasteiger partial charge >= 0.3 is 0 Å². The summed E-state index contributed by atoms with van der Waals surface area (Å²) in [6, 6.07) is 6.90. The fraction of sp³-hybridized carbons (Fsp3) is 0.625. The number of rotatable bonds is 4. The molecular weight excluding hydrogens is 286 g/mol. The third kappa shape index (κ3) is 3.51. The van der Waals surface area contributed by atoms with Crippen LogP contribution in [0, 0.1) is 0 Å². The quantitative estimate of drug-likeness (QED) is 0.920. The maximum absolute atomic E-state index is 6.14. The van der Waals surface area contributed by atoms with Crippen LogP contribution in [0.25, 0.3) is 0 Å². The lowest BCUT2D eigenvalue weighted by atomic mass is 10.1. The molecule has 2 aliphatic rings. The van der Waals surface area contributed by atoms with E-state index in [4.69, 9.17) is 16.3 Å². The average Bonchev–Trinajstić information content (AvgIpc) is 2.98. The summed E-state index contributed by atoms with van der Waals surface area (Å²) < 4.78 is 5.46. The Morgan fingerprint density at radius 2 is 2.10 bits per heavy atom. The normalized spacial score (nSPS) is 23.7. The van der Waals surface area contributed by atoms with Crippen molar-refractivity contribution < 1.29 is 4.74 Å². The van der Waals surface area contributed by atoms with Gasteiger partial charge in [-0.25, -0.2) is 0 Å². The Balaban J connectivity index is 1.70. The van der Waals surface area contributed by atoms with Crippen LogP contribution in [0.3, 0.4) is 0 Å². The van der Waals surface area contributed by atoms with E-state index in [1.165, 1.54) is 17.7 Å². The molecule has 0 aliphatic carbocycles. The molecule has 3 rings (SSSR count). The molecule has 0 radical (unpaired) electrons. The van der Waals surface area contributed by atoms with Crippen LogP contribution in [-0.2, 0) is 11.3 Å². The number of hydrogen-bond donors (Lipinski definition) is 1. The molecule has 1 atom stereocenters. The minimum atomic E-state index is 0.659. The summed E-state index contributed by atoms with van der Waals surface area (Å²) in [7, 11) is 1.98. The number of nitrogens with zero attached hydrogens (tertiary/aromatic N) is 2. The Morgan fingerprint density at radius 1 is 1.29 bits per heavy atom. The van der Waals surface area contributed by atoms with Crippen molar-refractivity contribution in [3.8, 4) is 0 Å². The van der Waals surface area contributed by atoms with Gasteiger partial charge in [0.2, 0.25) is 0 Å². The number of anilines is 1. The molecule has 1 aromatic rings. The molecule has 1 N–H and O–H groups in total. The molecular formula is C16H24ClN3O. The predicted molar refractivity (Wildman–Crippen MR) is 87.2 cm³/mol. The fourth-order valence-electron chi connectivity index (χ4n) is 3.40. The van der Waals surface area contributed by atoms with Crippen molar-refractivity contribution in [3.05, 3.63) is 28.8 Å². The second-order valence-corrected chi connectivity index (χ2v) is 6.28. The summed E-state index contributed by atoms with van der Waals surface area (Å²) >= 11 is 6.14. The zero-order valence-electron chi connectivity index (χ0n) is 12.6. The molecule has 0 saturated carbocycles. The number of hydrogen-bond acceptors (Lipinski definition) is 4. The first-order valence-corrected chi connectivity index (χ1v) is 8.15. The summed E-state index contributed by atoms with van der Waals surface area (Å²) in [5.74, 6) is 0. The van der Waals surface area contributed by atoms with Gasteiger partial charge in [-0.05, 0) is 37.2 Å². The van der Waals surface area contributed by atoms with E-state index in [0.717, 1.165) is 51.0 Å². The average molecular weight is 310 g/mol. The zero-order valence-corrected chi connectivity index (χ0v) is 13.4. The Hall–Kier alpha value is -0.810. The van der Waals surface area contributed by atoms with E-state index in [2.05, 4.69) is 27.2 Å². The largest absolute Gasteiger partial charge is 0.379 e. The van der Waals surface area contributed by atoms with E-state index in [1.807, 2.05) is 13.1 Å². The first-order valence-electron chi connectivity index (χ1n) is 7.77. The molecule has 21 heavy (non-hydrogen) atoms. The van der Waals surface area contributed by atoms with Crippen LogP contribution >= 0.6 is 11.6 Å². The molecule has 0 amide bonds. The lowest BCUT2D eigenvalue weighted by molar-refractivity contribution is 0.0209. The Labute approximate surface area is 132 Å². The highest BCUT2D eigenvalue weighted by Crippen LogP contribution is 2.29. The predicted octanol–water partition coefficient (Wildman–Crippen LogP) is 1.97. The summed E-state index contributed by atoms with van der Waals surface area (Å²) in [5.41, 5.74) is 2.61. The van der Waals surface area contributed by atoms with E-state index < -0.39 is 0 Å². The highest BCUT2D eigenvalue weighted by Gasteiger charge is 2.29. The number of nitrogens with one attached hydrogen (secondary N) is 1. The topological polar surface area (TPSA) is 27.7 Å². The third-order valence-corrected chi connectivity index (χ3v) is 4.71. The summed E-state index contributed by atoms with van der Waals surface area (Å²) in [5, 5.41) is 4.05. The molecule has 2 saturated heterocycles. The van der Waals surface area contributed by atoms with Gasteiger partial charge in [-0.2, -0.15) is 0 Å². The zero-order chi connectivity index (χ0) is 14.7. The minimum Gasteiger partial charge on any atom is -0.379 e. The van der Waals surface area contributed by atoms with Crippen LogP contribution in [0.1, 0.15) is 12.0 Å². The number of ether oxygens (including phenoxy) is 1. The Morgan fingerprint density at radius 3 is 2.86 bits per heavy atom. The van der Waals surface area contributed by atoms with Gasteiger partial charge in [0.1, 0.15) is 0 Å². The second kappa shape index (κ2) is 6.97. The Bertz CT molecular complexity index is 477. The SMILES string of the molecule is CNCc1cc(Cl)ccc1N1CCC(N2CCOCC2)C1. The summed E-state index contributed by atoms with van der Waals surface area (Å²) in [6.07, 6.45) is 1.24. The van der Waals surface area contributed by atoms with Crippen LogP contribution in [0.4, 0.5) is 5.69 Å². The second-order valence-electron chi connectivity index (χ2n) is 5.84. The molecule has 1 unspecified atom stereocenters. The maximum Gasteiger partial charge on any atom is 0.0594 e. The maximum atomic E-state index is 6.14. The van der Waals surface area contributed by atoms with Gasteiger partial charge in [-0.1, -0.05) is 11.6 Å². The van der Waals surface area contributed by atoms with Crippen molar-refractivity contribution in [1.29, 1.82) is 0 Å². The van der Waals surface area contributed by atoms with Gasteiger partial charge in [-0.3, -0.25) is 4.90 Å². The van der Waals surface area contributed by atoms with Crippen molar-refractivity contribution in [2.45, 2.75) is 19.0 Å². The molecule has 0 spiro atoms. The molecule has 2 heterocycles. The van der Waals surface area contributed by atoms with Gasteiger partial charge in [0.25, 0.3) is 0 Å². The first kappa shape index (κ1) is 15.1. The van der Waals surface area contributed by atoms with Gasteiger partial charge in [0.05, 0.1) is 13.2 Å². The summed E-state index contributed by atoms with van der Waals surface area (Å²) in [4.78, 5) is 5.08. The number of benzene rings is 1. The minimum absolute atomic E-state index is 0.659. The van der Waals surface area contributed by atoms with Crippen LogP contribution in [0.5, 0.6) is 0 Å². The molecule has 4 nitrogen and oxygen atoms in total. The van der Waals surface area contributed by atoms with Crippen molar-refractivity contribution >= 4 is 17.3 Å². The standard InChI is InChI=1S/C16H24ClN3O/c1-18-11-13-10-14(17)2-3-16(13)20-5-4-15(12-20)19-6-8-21-9-7-19/h2-3,10,15,18H,4-9,11-12H2,1H3.